The first-order chi connectivity index (χ1) is 14.8. The lowest BCUT2D eigenvalue weighted by Crippen LogP contribution is -2.36. The van der Waals surface area contributed by atoms with Gasteiger partial charge in [0, 0.05) is 53.1 Å². The Morgan fingerprint density at radius 2 is 1.65 bits per heavy atom. The molecule has 0 aromatic heterocycles. The normalized spacial score (nSPS) is 10.6. The molecule has 3 aromatic carbocycles. The molecule has 3 aromatic rings. The van der Waals surface area contributed by atoms with Crippen LogP contribution in [-0.4, -0.2) is 31.6 Å². The minimum atomic E-state index is -0.163. The molecule has 162 valence electrons. The summed E-state index contributed by atoms with van der Waals surface area (Å²) in [5, 5.41) is 4.19. The Labute approximate surface area is 201 Å². The summed E-state index contributed by atoms with van der Waals surface area (Å²) < 4.78 is 0.959. The molecule has 0 heterocycles. The van der Waals surface area contributed by atoms with Crippen molar-refractivity contribution in [1.82, 2.24) is 4.90 Å². The number of nitrogens with zero attached hydrogens (tertiary/aromatic N) is 2. The predicted molar refractivity (Wildman–Crippen MR) is 135 cm³/mol. The van der Waals surface area contributed by atoms with Crippen molar-refractivity contribution in [3.63, 3.8) is 0 Å². The van der Waals surface area contributed by atoms with Gasteiger partial charge in [-0.3, -0.25) is 0 Å². The summed E-state index contributed by atoms with van der Waals surface area (Å²) in [6, 6.07) is 21.0. The number of hydrogen-bond acceptors (Lipinski definition) is 2. The third-order valence-corrected chi connectivity index (χ3v) is 5.99. The van der Waals surface area contributed by atoms with Crippen LogP contribution >= 0.6 is 39.1 Å². The quantitative estimate of drug-likeness (QED) is 0.360. The fourth-order valence-corrected chi connectivity index (χ4v) is 3.86. The highest BCUT2D eigenvalue weighted by Crippen LogP contribution is 2.22. The van der Waals surface area contributed by atoms with Gasteiger partial charge in [-0.1, -0.05) is 57.3 Å². The molecule has 0 aliphatic heterocycles. The maximum Gasteiger partial charge on any atom is 0.322 e. The zero-order valence-electron chi connectivity index (χ0n) is 17.4. The summed E-state index contributed by atoms with van der Waals surface area (Å²) in [4.78, 5) is 16.9. The molecule has 4 nitrogen and oxygen atoms in total. The molecule has 0 spiro atoms. The molecular weight excluding hydrogens is 497 g/mol. The second-order valence-electron chi connectivity index (χ2n) is 7.41. The van der Waals surface area contributed by atoms with E-state index in [0.717, 1.165) is 27.0 Å². The number of halogens is 3. The topological polar surface area (TPSA) is 35.6 Å². The van der Waals surface area contributed by atoms with Crippen LogP contribution < -0.4 is 10.2 Å². The largest absolute Gasteiger partial charge is 0.378 e. The fraction of sp³-hybridized carbons (Fsp3) is 0.208. The molecule has 0 saturated heterocycles. The molecule has 7 heteroatoms. The zero-order chi connectivity index (χ0) is 22.4. The SMILES string of the molecule is CN(C)c1ccc(CN(CCc2ccc(Cl)cc2Cl)C(=O)Nc2ccc(Br)cc2)cc1. The first-order valence-corrected chi connectivity index (χ1v) is 11.4. The minimum Gasteiger partial charge on any atom is -0.378 e. The van der Waals surface area contributed by atoms with Gasteiger partial charge < -0.3 is 15.1 Å². The van der Waals surface area contributed by atoms with Gasteiger partial charge in [-0.2, -0.15) is 0 Å². The summed E-state index contributed by atoms with van der Waals surface area (Å²) in [6.07, 6.45) is 0.625. The number of carbonyl (C=O) groups excluding carboxylic acids is 1. The summed E-state index contributed by atoms with van der Waals surface area (Å²) in [7, 11) is 4.01. The van der Waals surface area contributed by atoms with Crippen molar-refractivity contribution in [3.8, 4) is 0 Å². The highest BCUT2D eigenvalue weighted by Gasteiger charge is 2.16. The molecule has 3 rings (SSSR count). The maximum absolute atomic E-state index is 13.1. The van der Waals surface area contributed by atoms with Crippen LogP contribution in [0.4, 0.5) is 16.2 Å². The highest BCUT2D eigenvalue weighted by molar-refractivity contribution is 9.10. The molecule has 0 fully saturated rings. The Balaban J connectivity index is 1.76. The molecule has 0 aliphatic rings. The molecule has 0 aliphatic carbocycles. The second kappa shape index (κ2) is 10.9. The third kappa shape index (κ3) is 6.89. The van der Waals surface area contributed by atoms with Crippen molar-refractivity contribution < 1.29 is 4.79 Å². The number of urea groups is 1. The van der Waals surface area contributed by atoms with Gasteiger partial charge in [-0.25, -0.2) is 4.79 Å². The van der Waals surface area contributed by atoms with Crippen molar-refractivity contribution in [2.24, 2.45) is 0 Å². The number of rotatable bonds is 7. The number of amides is 2. The van der Waals surface area contributed by atoms with E-state index in [2.05, 4.69) is 33.4 Å². The van der Waals surface area contributed by atoms with E-state index in [1.807, 2.05) is 67.5 Å². The van der Waals surface area contributed by atoms with E-state index in [1.54, 1.807) is 11.0 Å². The van der Waals surface area contributed by atoms with Crippen LogP contribution in [0.3, 0.4) is 0 Å². The molecule has 0 unspecified atom stereocenters. The van der Waals surface area contributed by atoms with Crippen LogP contribution in [0.15, 0.2) is 71.2 Å². The van der Waals surface area contributed by atoms with Gasteiger partial charge in [0.15, 0.2) is 0 Å². The average molecular weight is 521 g/mol. The second-order valence-corrected chi connectivity index (χ2v) is 9.16. The highest BCUT2D eigenvalue weighted by atomic mass is 79.9. The van der Waals surface area contributed by atoms with Gasteiger partial charge in [-0.05, 0) is 66.1 Å². The Bertz CT molecular complexity index is 1020. The Hall–Kier alpha value is -2.21. The van der Waals surface area contributed by atoms with Gasteiger partial charge in [-0.15, -0.1) is 0 Å². The standard InChI is InChI=1S/C24H24BrCl2N3O/c1-29(2)22-11-3-17(4-12-22)16-30(14-13-18-5-8-20(26)15-23(18)27)24(31)28-21-9-6-19(25)7-10-21/h3-12,15H,13-14,16H2,1-2H3,(H,28,31). The van der Waals surface area contributed by atoms with Crippen LogP contribution in [0, 0.1) is 0 Å². The van der Waals surface area contributed by atoms with Crippen LogP contribution in [0.5, 0.6) is 0 Å². The summed E-state index contributed by atoms with van der Waals surface area (Å²) in [5.41, 5.74) is 3.86. The van der Waals surface area contributed by atoms with Gasteiger partial charge in [0.2, 0.25) is 0 Å². The van der Waals surface area contributed by atoms with Crippen molar-refractivity contribution >= 4 is 56.5 Å². The van der Waals surface area contributed by atoms with Crippen molar-refractivity contribution in [2.75, 3.05) is 30.9 Å². The first-order valence-electron chi connectivity index (χ1n) is 9.83. The number of benzene rings is 3. The first kappa shape index (κ1) is 23.5. The lowest BCUT2D eigenvalue weighted by atomic mass is 10.1. The predicted octanol–water partition coefficient (Wildman–Crippen LogP) is 7.10. The van der Waals surface area contributed by atoms with Gasteiger partial charge >= 0.3 is 6.03 Å². The van der Waals surface area contributed by atoms with E-state index in [-0.39, 0.29) is 6.03 Å². The molecule has 0 saturated carbocycles. The molecule has 31 heavy (non-hydrogen) atoms. The van der Waals surface area contributed by atoms with E-state index in [9.17, 15) is 4.79 Å². The van der Waals surface area contributed by atoms with Crippen LogP contribution in [0.1, 0.15) is 11.1 Å². The van der Waals surface area contributed by atoms with Crippen molar-refractivity contribution in [1.29, 1.82) is 0 Å². The van der Waals surface area contributed by atoms with Crippen molar-refractivity contribution in [3.05, 3.63) is 92.4 Å². The summed E-state index contributed by atoms with van der Waals surface area (Å²) in [5.74, 6) is 0. The van der Waals surface area contributed by atoms with Crippen LogP contribution in [0.25, 0.3) is 0 Å². The fourth-order valence-electron chi connectivity index (χ4n) is 3.09. The van der Waals surface area contributed by atoms with E-state index in [0.29, 0.717) is 29.6 Å². The maximum atomic E-state index is 13.1. The number of nitrogens with one attached hydrogen (secondary N) is 1. The monoisotopic (exact) mass is 519 g/mol. The molecular formula is C24H24BrCl2N3O. The Morgan fingerprint density at radius 1 is 0.968 bits per heavy atom. The van der Waals surface area contributed by atoms with E-state index in [1.165, 1.54) is 0 Å². The van der Waals surface area contributed by atoms with E-state index >= 15 is 0 Å². The summed E-state index contributed by atoms with van der Waals surface area (Å²) in [6.45, 7) is 1.00. The van der Waals surface area contributed by atoms with Gasteiger partial charge in [0.25, 0.3) is 0 Å². The number of anilines is 2. The lowest BCUT2D eigenvalue weighted by molar-refractivity contribution is 0.210. The van der Waals surface area contributed by atoms with E-state index in [4.69, 9.17) is 23.2 Å². The number of carbonyl (C=O) groups is 1. The zero-order valence-corrected chi connectivity index (χ0v) is 20.5. The molecule has 2 amide bonds. The van der Waals surface area contributed by atoms with E-state index < -0.39 is 0 Å². The average Bonchev–Trinajstić information content (AvgIpc) is 2.74. The minimum absolute atomic E-state index is 0.163. The molecule has 0 bridgehead atoms. The van der Waals surface area contributed by atoms with Crippen LogP contribution in [-0.2, 0) is 13.0 Å². The van der Waals surface area contributed by atoms with Crippen molar-refractivity contribution in [2.45, 2.75) is 13.0 Å². The van der Waals surface area contributed by atoms with Gasteiger partial charge in [0.1, 0.15) is 0 Å². The van der Waals surface area contributed by atoms with Gasteiger partial charge in [0.05, 0.1) is 0 Å². The third-order valence-electron chi connectivity index (χ3n) is 4.88. The smallest absolute Gasteiger partial charge is 0.322 e. The molecule has 0 atom stereocenters. The molecule has 0 radical (unpaired) electrons. The lowest BCUT2D eigenvalue weighted by Gasteiger charge is -2.24. The molecule has 1 N–H and O–H groups in total. The van der Waals surface area contributed by atoms with Crippen LogP contribution in [0.2, 0.25) is 10.0 Å². The Kier molecular flexibility index (Phi) is 8.24. The summed E-state index contributed by atoms with van der Waals surface area (Å²) >= 11 is 15.8. The number of hydrogen-bond donors (Lipinski definition) is 1. The Morgan fingerprint density at radius 3 is 2.26 bits per heavy atom.